The van der Waals surface area contributed by atoms with Crippen molar-refractivity contribution in [1.29, 1.82) is 0 Å². The molecule has 0 aromatic carbocycles. The molecule has 0 bridgehead atoms. The molecule has 0 amide bonds. The van der Waals surface area contributed by atoms with Gasteiger partial charge in [0.25, 0.3) is 0 Å². The summed E-state index contributed by atoms with van der Waals surface area (Å²) in [6.45, 7) is 7.73. The highest BCUT2D eigenvalue weighted by molar-refractivity contribution is 4.97. The average molecular weight is 279 g/mol. The van der Waals surface area contributed by atoms with Crippen molar-refractivity contribution in [2.75, 3.05) is 52.9 Å². The molecule has 3 rings (SSSR count). The molecule has 1 N–H and O–H groups in total. The van der Waals surface area contributed by atoms with E-state index in [2.05, 4.69) is 32.3 Å². The molecular formula is C14H25N5O. The van der Waals surface area contributed by atoms with Gasteiger partial charge in [0, 0.05) is 45.7 Å². The van der Waals surface area contributed by atoms with Gasteiger partial charge >= 0.3 is 0 Å². The van der Waals surface area contributed by atoms with Crippen LogP contribution >= 0.6 is 0 Å². The maximum atomic E-state index is 5.43. The molecule has 0 saturated carbocycles. The van der Waals surface area contributed by atoms with Crippen molar-refractivity contribution in [3.8, 4) is 0 Å². The van der Waals surface area contributed by atoms with Gasteiger partial charge in [0.2, 0.25) is 5.89 Å². The third-order valence-electron chi connectivity index (χ3n) is 4.38. The molecule has 2 saturated heterocycles. The number of hydrogen-bond acceptors (Lipinski definition) is 6. The van der Waals surface area contributed by atoms with Gasteiger partial charge in [0.1, 0.15) is 0 Å². The fourth-order valence-corrected chi connectivity index (χ4v) is 2.93. The van der Waals surface area contributed by atoms with E-state index in [1.54, 1.807) is 0 Å². The molecule has 3 heterocycles. The van der Waals surface area contributed by atoms with E-state index in [1.807, 2.05) is 0 Å². The first kappa shape index (κ1) is 14.0. The second-order valence-corrected chi connectivity index (χ2v) is 5.99. The van der Waals surface area contributed by atoms with Crippen LogP contribution in [0.2, 0.25) is 0 Å². The molecule has 0 spiro atoms. The van der Waals surface area contributed by atoms with Crippen molar-refractivity contribution in [2.45, 2.75) is 25.2 Å². The molecule has 6 nitrogen and oxygen atoms in total. The standard InChI is InChI=1S/C14H25N5O/c1-18-7-9-19(10-8-18)6-4-13-16-14(20-17-13)12-3-2-5-15-11-12/h12,15H,2-11H2,1H3. The Morgan fingerprint density at radius 2 is 2.15 bits per heavy atom. The van der Waals surface area contributed by atoms with Gasteiger partial charge in [-0.1, -0.05) is 5.16 Å². The highest BCUT2D eigenvalue weighted by Gasteiger charge is 2.21. The van der Waals surface area contributed by atoms with Crippen molar-refractivity contribution < 1.29 is 4.52 Å². The Morgan fingerprint density at radius 3 is 2.90 bits per heavy atom. The van der Waals surface area contributed by atoms with E-state index in [-0.39, 0.29) is 0 Å². The summed E-state index contributed by atoms with van der Waals surface area (Å²) in [5, 5.41) is 7.53. The van der Waals surface area contributed by atoms with E-state index >= 15 is 0 Å². The maximum Gasteiger partial charge on any atom is 0.231 e. The Labute approximate surface area is 120 Å². The summed E-state index contributed by atoms with van der Waals surface area (Å²) in [5.41, 5.74) is 0. The molecule has 0 aliphatic carbocycles. The van der Waals surface area contributed by atoms with Crippen LogP contribution < -0.4 is 5.32 Å². The maximum absolute atomic E-state index is 5.43. The van der Waals surface area contributed by atoms with E-state index in [0.717, 1.165) is 70.4 Å². The van der Waals surface area contributed by atoms with Crippen LogP contribution in [0.3, 0.4) is 0 Å². The summed E-state index contributed by atoms with van der Waals surface area (Å²) in [5.74, 6) is 2.10. The summed E-state index contributed by atoms with van der Waals surface area (Å²) < 4.78 is 5.43. The van der Waals surface area contributed by atoms with Crippen molar-refractivity contribution in [3.05, 3.63) is 11.7 Å². The van der Waals surface area contributed by atoms with Crippen molar-refractivity contribution >= 4 is 0 Å². The molecule has 1 aromatic heterocycles. The highest BCUT2D eigenvalue weighted by atomic mass is 16.5. The van der Waals surface area contributed by atoms with Crippen LogP contribution in [0.4, 0.5) is 0 Å². The number of aromatic nitrogens is 2. The quantitative estimate of drug-likeness (QED) is 0.857. The van der Waals surface area contributed by atoms with E-state index in [4.69, 9.17) is 4.52 Å². The zero-order valence-corrected chi connectivity index (χ0v) is 12.3. The van der Waals surface area contributed by atoms with Crippen LogP contribution in [0.25, 0.3) is 0 Å². The van der Waals surface area contributed by atoms with Crippen molar-refractivity contribution in [2.24, 2.45) is 0 Å². The number of rotatable bonds is 4. The van der Waals surface area contributed by atoms with Gasteiger partial charge in [-0.25, -0.2) is 0 Å². The van der Waals surface area contributed by atoms with E-state index in [0.29, 0.717) is 5.92 Å². The number of hydrogen-bond donors (Lipinski definition) is 1. The van der Waals surface area contributed by atoms with Gasteiger partial charge in [-0.3, -0.25) is 0 Å². The predicted octanol–water partition coefficient (Wildman–Crippen LogP) is 0.327. The van der Waals surface area contributed by atoms with Crippen LogP contribution in [0, 0.1) is 0 Å². The lowest BCUT2D eigenvalue weighted by atomic mass is 10.00. The van der Waals surface area contributed by atoms with E-state index in [1.165, 1.54) is 6.42 Å². The molecule has 0 radical (unpaired) electrons. The fourth-order valence-electron chi connectivity index (χ4n) is 2.93. The number of piperidine rings is 1. The van der Waals surface area contributed by atoms with Gasteiger partial charge in [0.15, 0.2) is 5.82 Å². The second-order valence-electron chi connectivity index (χ2n) is 5.99. The first-order valence-electron chi connectivity index (χ1n) is 7.75. The molecule has 2 fully saturated rings. The monoisotopic (exact) mass is 279 g/mol. The third-order valence-corrected chi connectivity index (χ3v) is 4.38. The van der Waals surface area contributed by atoms with E-state index in [9.17, 15) is 0 Å². The molecule has 1 atom stereocenters. The summed E-state index contributed by atoms with van der Waals surface area (Å²) >= 11 is 0. The first-order chi connectivity index (χ1) is 9.81. The lowest BCUT2D eigenvalue weighted by Crippen LogP contribution is -2.45. The third kappa shape index (κ3) is 3.56. The van der Waals surface area contributed by atoms with Crippen LogP contribution in [0.1, 0.15) is 30.5 Å². The molecule has 20 heavy (non-hydrogen) atoms. The zero-order valence-electron chi connectivity index (χ0n) is 12.3. The normalized spacial score (nSPS) is 25.9. The van der Waals surface area contributed by atoms with Crippen LogP contribution in [-0.2, 0) is 6.42 Å². The van der Waals surface area contributed by atoms with Crippen molar-refractivity contribution in [3.63, 3.8) is 0 Å². The first-order valence-corrected chi connectivity index (χ1v) is 7.75. The molecule has 2 aliphatic heterocycles. The van der Waals surface area contributed by atoms with Crippen LogP contribution in [0.15, 0.2) is 4.52 Å². The molecular weight excluding hydrogens is 254 g/mol. The molecule has 1 aromatic rings. The minimum Gasteiger partial charge on any atom is -0.339 e. The SMILES string of the molecule is CN1CCN(CCc2noc(C3CCCNC3)n2)CC1. The summed E-state index contributed by atoms with van der Waals surface area (Å²) in [6.07, 6.45) is 3.25. The molecule has 1 unspecified atom stereocenters. The van der Waals surface area contributed by atoms with Crippen molar-refractivity contribution in [1.82, 2.24) is 25.3 Å². The molecule has 2 aliphatic rings. The molecule has 112 valence electrons. The van der Waals surface area contributed by atoms with Gasteiger partial charge in [-0.05, 0) is 26.4 Å². The summed E-state index contributed by atoms with van der Waals surface area (Å²) in [7, 11) is 2.18. The minimum atomic E-state index is 0.411. The number of nitrogens with one attached hydrogen (secondary N) is 1. The molecule has 6 heteroatoms. The lowest BCUT2D eigenvalue weighted by molar-refractivity contribution is 0.154. The topological polar surface area (TPSA) is 57.4 Å². The van der Waals surface area contributed by atoms with Gasteiger partial charge in [0.05, 0.1) is 5.92 Å². The average Bonchev–Trinajstić information content (AvgIpc) is 2.97. The smallest absolute Gasteiger partial charge is 0.231 e. The Kier molecular flexibility index (Phi) is 4.65. The Morgan fingerprint density at radius 1 is 1.30 bits per heavy atom. The number of likely N-dealkylation sites (N-methyl/N-ethyl adjacent to an activating group) is 1. The second kappa shape index (κ2) is 6.65. The lowest BCUT2D eigenvalue weighted by Gasteiger charge is -2.31. The van der Waals surface area contributed by atoms with Crippen LogP contribution in [-0.4, -0.2) is 72.8 Å². The van der Waals surface area contributed by atoms with Gasteiger partial charge < -0.3 is 19.6 Å². The highest BCUT2D eigenvalue weighted by Crippen LogP contribution is 2.21. The fraction of sp³-hybridized carbons (Fsp3) is 0.857. The van der Waals surface area contributed by atoms with Gasteiger partial charge in [-0.2, -0.15) is 4.98 Å². The number of nitrogens with zero attached hydrogens (tertiary/aromatic N) is 4. The predicted molar refractivity (Wildman–Crippen MR) is 76.8 cm³/mol. The number of piperazine rings is 1. The Balaban J connectivity index is 1.47. The summed E-state index contributed by atoms with van der Waals surface area (Å²) in [4.78, 5) is 9.44. The summed E-state index contributed by atoms with van der Waals surface area (Å²) in [6, 6.07) is 0. The Bertz CT molecular complexity index is 407. The minimum absolute atomic E-state index is 0.411. The van der Waals surface area contributed by atoms with Crippen LogP contribution in [0.5, 0.6) is 0 Å². The Hall–Kier alpha value is -0.980. The largest absolute Gasteiger partial charge is 0.339 e. The van der Waals surface area contributed by atoms with E-state index < -0.39 is 0 Å². The zero-order chi connectivity index (χ0) is 13.8. The van der Waals surface area contributed by atoms with Gasteiger partial charge in [-0.15, -0.1) is 0 Å².